The van der Waals surface area contributed by atoms with Gasteiger partial charge in [-0.25, -0.2) is 9.78 Å². The minimum absolute atomic E-state index is 0.0700. The van der Waals surface area contributed by atoms with Gasteiger partial charge in [-0.3, -0.25) is 0 Å². The number of nitrogens with one attached hydrogen (secondary N) is 2. The third kappa shape index (κ3) is 4.72. The molecule has 3 aromatic rings. The van der Waals surface area contributed by atoms with Gasteiger partial charge in [-0.15, -0.1) is 11.3 Å². The summed E-state index contributed by atoms with van der Waals surface area (Å²) in [5.41, 5.74) is 0.896. The van der Waals surface area contributed by atoms with Crippen molar-refractivity contribution in [3.05, 3.63) is 42.2 Å². The molecule has 5 nitrogen and oxygen atoms in total. The van der Waals surface area contributed by atoms with Gasteiger partial charge in [0.05, 0.1) is 22.7 Å². The van der Waals surface area contributed by atoms with Gasteiger partial charge < -0.3 is 15.1 Å². The van der Waals surface area contributed by atoms with E-state index in [1.54, 1.807) is 12.1 Å². The van der Waals surface area contributed by atoms with E-state index in [9.17, 15) is 18.0 Å². The lowest BCUT2D eigenvalue weighted by molar-refractivity contribution is -0.183. The summed E-state index contributed by atoms with van der Waals surface area (Å²) in [6, 6.07) is 10.4. The third-order valence-corrected chi connectivity index (χ3v) is 6.11. The number of thiazole rings is 1. The molecule has 2 aromatic heterocycles. The molecule has 1 saturated carbocycles. The average molecular weight is 423 g/mol. The summed E-state index contributed by atoms with van der Waals surface area (Å²) >= 11 is 1.52. The number of nitrogens with zero attached hydrogens (tertiary/aromatic N) is 1. The molecule has 0 aliphatic heterocycles. The molecule has 2 N–H and O–H groups in total. The van der Waals surface area contributed by atoms with Gasteiger partial charge in [-0.05, 0) is 43.5 Å². The molecule has 29 heavy (non-hydrogen) atoms. The maximum atomic E-state index is 12.9. The Labute approximate surface area is 169 Å². The highest BCUT2D eigenvalue weighted by Gasteiger charge is 2.42. The number of fused-ring (bicyclic) bond motifs is 1. The molecule has 9 heteroatoms. The molecule has 1 aliphatic carbocycles. The Morgan fingerprint density at radius 1 is 1.21 bits per heavy atom. The standard InChI is InChI=1S/C20H20F3N3O2S/c21-20(22,23)12-4-3-5-13(10-12)25-19(27)24-11-14-8-9-16(28-14)18-26-15-6-1-2-7-17(15)29-18/h1-2,6-9,12-13H,3-5,10-11H2,(H2,24,25,27)/t12-,13-/m1/s1. The van der Waals surface area contributed by atoms with E-state index in [1.165, 1.54) is 11.3 Å². The summed E-state index contributed by atoms with van der Waals surface area (Å²) < 4.78 is 45.5. The molecule has 0 spiro atoms. The maximum absolute atomic E-state index is 12.9. The van der Waals surface area contributed by atoms with Gasteiger partial charge in [-0.1, -0.05) is 18.6 Å². The number of amides is 2. The van der Waals surface area contributed by atoms with Crippen molar-refractivity contribution in [2.24, 2.45) is 5.92 Å². The fraction of sp³-hybridized carbons (Fsp3) is 0.400. The van der Waals surface area contributed by atoms with Crippen molar-refractivity contribution in [2.75, 3.05) is 0 Å². The fourth-order valence-corrected chi connectivity index (χ4v) is 4.51. The highest BCUT2D eigenvalue weighted by molar-refractivity contribution is 7.21. The highest BCUT2D eigenvalue weighted by Crippen LogP contribution is 2.37. The van der Waals surface area contributed by atoms with Crippen LogP contribution in [-0.4, -0.2) is 23.2 Å². The highest BCUT2D eigenvalue weighted by atomic mass is 32.1. The summed E-state index contributed by atoms with van der Waals surface area (Å²) in [5, 5.41) is 6.05. The molecular weight excluding hydrogens is 403 g/mol. The van der Waals surface area contributed by atoms with Crippen LogP contribution in [0.2, 0.25) is 0 Å². The molecule has 0 unspecified atom stereocenters. The molecule has 154 valence electrons. The Hall–Kier alpha value is -2.55. The Morgan fingerprint density at radius 3 is 2.83 bits per heavy atom. The van der Waals surface area contributed by atoms with Gasteiger partial charge in [0, 0.05) is 6.04 Å². The summed E-state index contributed by atoms with van der Waals surface area (Å²) in [4.78, 5) is 16.6. The number of hydrogen-bond acceptors (Lipinski definition) is 4. The van der Waals surface area contributed by atoms with E-state index in [2.05, 4.69) is 15.6 Å². The van der Waals surface area contributed by atoms with E-state index in [0.29, 0.717) is 24.4 Å². The molecule has 1 aromatic carbocycles. The molecule has 0 radical (unpaired) electrons. The van der Waals surface area contributed by atoms with Gasteiger partial charge in [0.2, 0.25) is 0 Å². The minimum Gasteiger partial charge on any atom is -0.457 e. The first kappa shape index (κ1) is 19.8. The van der Waals surface area contributed by atoms with Crippen LogP contribution in [0.1, 0.15) is 31.4 Å². The predicted molar refractivity (Wildman–Crippen MR) is 104 cm³/mol. The molecular formula is C20H20F3N3O2S. The number of carbonyl (C=O) groups is 1. The Morgan fingerprint density at radius 2 is 2.03 bits per heavy atom. The molecule has 0 bridgehead atoms. The normalized spacial score (nSPS) is 20.0. The smallest absolute Gasteiger partial charge is 0.391 e. The monoisotopic (exact) mass is 423 g/mol. The van der Waals surface area contributed by atoms with Crippen molar-refractivity contribution in [1.29, 1.82) is 0 Å². The fourth-order valence-electron chi connectivity index (χ4n) is 3.59. The lowest BCUT2D eigenvalue weighted by Gasteiger charge is -2.30. The second kappa shape index (κ2) is 8.06. The average Bonchev–Trinajstić information content (AvgIpc) is 3.32. The Balaban J connectivity index is 1.31. The number of urea groups is 1. The van der Waals surface area contributed by atoms with Crippen LogP contribution in [0, 0.1) is 5.92 Å². The van der Waals surface area contributed by atoms with Crippen LogP contribution in [0.4, 0.5) is 18.0 Å². The van der Waals surface area contributed by atoms with Crippen LogP contribution in [0.15, 0.2) is 40.8 Å². The van der Waals surface area contributed by atoms with Gasteiger partial charge in [0.1, 0.15) is 5.76 Å². The molecule has 2 amide bonds. The van der Waals surface area contributed by atoms with Crippen molar-refractivity contribution >= 4 is 27.6 Å². The molecule has 2 heterocycles. The number of hydrogen-bond donors (Lipinski definition) is 2. The molecule has 2 atom stereocenters. The van der Waals surface area contributed by atoms with Crippen molar-refractivity contribution < 1.29 is 22.4 Å². The molecule has 4 rings (SSSR count). The van der Waals surface area contributed by atoms with Gasteiger partial charge in [0.25, 0.3) is 0 Å². The number of halogens is 3. The first-order valence-corrected chi connectivity index (χ1v) is 10.3. The van der Waals surface area contributed by atoms with E-state index < -0.39 is 24.2 Å². The lowest BCUT2D eigenvalue weighted by Crippen LogP contribution is -2.45. The van der Waals surface area contributed by atoms with E-state index in [-0.39, 0.29) is 19.4 Å². The summed E-state index contributed by atoms with van der Waals surface area (Å²) in [6.07, 6.45) is -3.13. The van der Waals surface area contributed by atoms with Crippen molar-refractivity contribution in [3.8, 4) is 10.8 Å². The van der Waals surface area contributed by atoms with E-state index in [1.807, 2.05) is 24.3 Å². The number of alkyl halides is 3. The number of aromatic nitrogens is 1. The first-order valence-electron chi connectivity index (χ1n) is 9.44. The van der Waals surface area contributed by atoms with Crippen LogP contribution in [-0.2, 0) is 6.54 Å². The van der Waals surface area contributed by atoms with Crippen LogP contribution in [0.5, 0.6) is 0 Å². The van der Waals surface area contributed by atoms with Gasteiger partial charge in [-0.2, -0.15) is 13.2 Å². The zero-order valence-electron chi connectivity index (χ0n) is 15.5. The van der Waals surface area contributed by atoms with E-state index >= 15 is 0 Å². The summed E-state index contributed by atoms with van der Waals surface area (Å²) in [7, 11) is 0. The number of benzene rings is 1. The lowest BCUT2D eigenvalue weighted by atomic mass is 9.85. The molecule has 1 fully saturated rings. The number of carbonyl (C=O) groups excluding carboxylic acids is 1. The van der Waals surface area contributed by atoms with E-state index in [0.717, 1.165) is 15.2 Å². The van der Waals surface area contributed by atoms with Crippen molar-refractivity contribution in [1.82, 2.24) is 15.6 Å². The Bertz CT molecular complexity index is 965. The van der Waals surface area contributed by atoms with Gasteiger partial charge >= 0.3 is 12.2 Å². The summed E-state index contributed by atoms with van der Waals surface area (Å²) in [5.74, 6) is -0.182. The first-order chi connectivity index (χ1) is 13.9. The van der Waals surface area contributed by atoms with E-state index in [4.69, 9.17) is 4.42 Å². The van der Waals surface area contributed by atoms with Crippen LogP contribution in [0.3, 0.4) is 0 Å². The topological polar surface area (TPSA) is 67.2 Å². The predicted octanol–water partition coefficient (Wildman–Crippen LogP) is 5.48. The quantitative estimate of drug-likeness (QED) is 0.584. The largest absolute Gasteiger partial charge is 0.457 e. The number of rotatable bonds is 4. The Kier molecular flexibility index (Phi) is 5.49. The SMILES string of the molecule is O=C(NCc1ccc(-c2nc3ccccc3s2)o1)N[C@@H]1CCC[C@@H](C(F)(F)F)C1. The van der Waals surface area contributed by atoms with Crippen LogP contribution in [0.25, 0.3) is 21.0 Å². The summed E-state index contributed by atoms with van der Waals surface area (Å²) in [6.45, 7) is 0.145. The zero-order chi connectivity index (χ0) is 20.4. The van der Waals surface area contributed by atoms with Crippen molar-refractivity contribution in [2.45, 2.75) is 44.4 Å². The maximum Gasteiger partial charge on any atom is 0.391 e. The molecule has 0 saturated heterocycles. The second-order valence-electron chi connectivity index (χ2n) is 7.18. The number of furan rings is 1. The van der Waals surface area contributed by atoms with Gasteiger partial charge in [0.15, 0.2) is 10.8 Å². The molecule has 1 aliphatic rings. The van der Waals surface area contributed by atoms with Crippen molar-refractivity contribution in [3.63, 3.8) is 0 Å². The number of para-hydroxylation sites is 1. The second-order valence-corrected chi connectivity index (χ2v) is 8.21. The zero-order valence-corrected chi connectivity index (χ0v) is 16.3. The van der Waals surface area contributed by atoms with Crippen LogP contribution < -0.4 is 10.6 Å². The third-order valence-electron chi connectivity index (χ3n) is 5.06. The minimum atomic E-state index is -4.21. The van der Waals surface area contributed by atoms with Crippen LogP contribution >= 0.6 is 11.3 Å².